The van der Waals surface area contributed by atoms with Crippen molar-refractivity contribution in [2.45, 2.75) is 44.0 Å². The van der Waals surface area contributed by atoms with E-state index in [2.05, 4.69) is 30.9 Å². The molecule has 0 aliphatic carbocycles. The van der Waals surface area contributed by atoms with Gasteiger partial charge >= 0.3 is 0 Å². The Morgan fingerprint density at radius 2 is 1.64 bits per heavy atom. The summed E-state index contributed by atoms with van der Waals surface area (Å²) >= 11 is 0. The molecule has 1 aromatic rings. The van der Waals surface area contributed by atoms with Crippen LogP contribution >= 0.6 is 0 Å². The number of hydrazine groups is 1. The van der Waals surface area contributed by atoms with Crippen LogP contribution in [0, 0.1) is 0 Å². The summed E-state index contributed by atoms with van der Waals surface area (Å²) in [5, 5.41) is 1.46. The molecule has 0 saturated heterocycles. The van der Waals surface area contributed by atoms with E-state index in [1.54, 1.807) is 38.4 Å². The van der Waals surface area contributed by atoms with Crippen LogP contribution < -0.4 is 10.1 Å². The van der Waals surface area contributed by atoms with Gasteiger partial charge < -0.3 is 0 Å². The van der Waals surface area contributed by atoms with Crippen molar-refractivity contribution in [3.63, 3.8) is 0 Å². The van der Waals surface area contributed by atoms with Crippen molar-refractivity contribution in [1.82, 2.24) is 15.2 Å². The van der Waals surface area contributed by atoms with E-state index in [9.17, 15) is 13.2 Å². The zero-order valence-corrected chi connectivity index (χ0v) is 14.8. The molecule has 0 aliphatic heterocycles. The number of hydrogen-bond acceptors (Lipinski definition) is 4. The number of sulfonamides is 1. The topological polar surface area (TPSA) is 78.5 Å². The predicted molar refractivity (Wildman–Crippen MR) is 86.8 cm³/mol. The van der Waals surface area contributed by atoms with E-state index in [1.807, 2.05) is 0 Å². The van der Waals surface area contributed by atoms with Gasteiger partial charge in [-0.3, -0.25) is 10.2 Å². The Morgan fingerprint density at radius 1 is 1.14 bits per heavy atom. The summed E-state index contributed by atoms with van der Waals surface area (Å²) < 4.78 is 26.9. The number of nitrogens with one attached hydrogen (secondary N) is 2. The highest BCUT2D eigenvalue weighted by Crippen LogP contribution is 2.23. The van der Waals surface area contributed by atoms with Crippen LogP contribution in [0.4, 0.5) is 0 Å². The van der Waals surface area contributed by atoms with Crippen LogP contribution in [0.5, 0.6) is 0 Å². The van der Waals surface area contributed by atoms with Gasteiger partial charge in [-0.25, -0.2) is 13.4 Å². The van der Waals surface area contributed by atoms with Crippen LogP contribution in [0.1, 0.15) is 33.3 Å². The maximum absolute atomic E-state index is 12.3. The molecule has 0 spiro atoms. The second-order valence-electron chi connectivity index (χ2n) is 6.49. The summed E-state index contributed by atoms with van der Waals surface area (Å²) in [5.74, 6) is -0.417. The number of carbonyl (C=O) groups is 1. The fourth-order valence-electron chi connectivity index (χ4n) is 1.81. The summed E-state index contributed by atoms with van der Waals surface area (Å²) in [7, 11) is -0.418. The molecule has 0 bridgehead atoms. The zero-order chi connectivity index (χ0) is 17.1. The summed E-state index contributed by atoms with van der Waals surface area (Å²) in [5.41, 5.74) is 3.51. The average molecular weight is 327 g/mol. The van der Waals surface area contributed by atoms with Crippen LogP contribution in [-0.2, 0) is 20.2 Å². The standard InChI is InChI=1S/C15H25N3O3S/c1-11(14(19)16-18(5)6)17-22(20,21)13-9-7-12(8-10-13)15(2,3)4/h7-11,17H,1-6H3,(H,16,19)/t11-/m0/s1. The van der Waals surface area contributed by atoms with Gasteiger partial charge in [-0.1, -0.05) is 32.9 Å². The highest BCUT2D eigenvalue weighted by atomic mass is 32.2. The Hall–Kier alpha value is -1.44. The number of carbonyl (C=O) groups excluding carboxylic acids is 1. The zero-order valence-electron chi connectivity index (χ0n) is 14.0. The Morgan fingerprint density at radius 3 is 2.05 bits per heavy atom. The van der Waals surface area contributed by atoms with Gasteiger partial charge in [0.2, 0.25) is 10.0 Å². The van der Waals surface area contributed by atoms with E-state index in [0.717, 1.165) is 5.56 Å². The van der Waals surface area contributed by atoms with E-state index in [-0.39, 0.29) is 10.3 Å². The molecule has 0 unspecified atom stereocenters. The van der Waals surface area contributed by atoms with E-state index >= 15 is 0 Å². The summed E-state index contributed by atoms with van der Waals surface area (Å²) in [6, 6.07) is 5.83. The highest BCUT2D eigenvalue weighted by Gasteiger charge is 2.23. The monoisotopic (exact) mass is 327 g/mol. The number of nitrogens with zero attached hydrogens (tertiary/aromatic N) is 1. The molecule has 6 nitrogen and oxygen atoms in total. The minimum absolute atomic E-state index is 0.0470. The molecule has 0 saturated carbocycles. The van der Waals surface area contributed by atoms with Gasteiger partial charge in [0.1, 0.15) is 0 Å². The molecule has 0 aromatic heterocycles. The molecule has 0 radical (unpaired) electrons. The Balaban J connectivity index is 2.89. The minimum Gasteiger partial charge on any atom is -0.288 e. The first-order valence-corrected chi connectivity index (χ1v) is 8.52. The van der Waals surface area contributed by atoms with Gasteiger partial charge in [-0.15, -0.1) is 0 Å². The van der Waals surface area contributed by atoms with Crippen LogP contribution in [0.15, 0.2) is 29.2 Å². The molecular formula is C15H25N3O3S. The third-order valence-electron chi connectivity index (χ3n) is 3.09. The van der Waals surface area contributed by atoms with Gasteiger partial charge in [0.05, 0.1) is 10.9 Å². The third-order valence-corrected chi connectivity index (χ3v) is 4.65. The Bertz CT molecular complexity index is 616. The lowest BCUT2D eigenvalue weighted by Gasteiger charge is -2.20. The molecule has 0 aliphatic rings. The first-order valence-electron chi connectivity index (χ1n) is 7.04. The van der Waals surface area contributed by atoms with E-state index in [1.165, 1.54) is 11.9 Å². The normalized spacial score (nSPS) is 14.0. The van der Waals surface area contributed by atoms with Gasteiger partial charge in [-0.2, -0.15) is 4.72 Å². The Kier molecular flexibility index (Phi) is 5.72. The SMILES string of the molecule is C[C@H](NS(=O)(=O)c1ccc(C(C)(C)C)cc1)C(=O)NN(C)C. The molecule has 0 heterocycles. The maximum Gasteiger partial charge on any atom is 0.252 e. The fraction of sp³-hybridized carbons (Fsp3) is 0.533. The molecule has 1 rings (SSSR count). The van der Waals surface area contributed by atoms with Gasteiger partial charge in [0.25, 0.3) is 5.91 Å². The summed E-state index contributed by atoms with van der Waals surface area (Å²) in [4.78, 5) is 11.9. The lowest BCUT2D eigenvalue weighted by molar-refractivity contribution is -0.126. The van der Waals surface area contributed by atoms with Crippen molar-refractivity contribution in [2.24, 2.45) is 0 Å². The van der Waals surface area contributed by atoms with Crippen molar-refractivity contribution in [2.75, 3.05) is 14.1 Å². The van der Waals surface area contributed by atoms with E-state index < -0.39 is 22.0 Å². The number of benzene rings is 1. The molecule has 1 amide bonds. The summed E-state index contributed by atoms with van der Waals surface area (Å²) in [6.45, 7) is 7.67. The van der Waals surface area contributed by atoms with Gasteiger partial charge in [-0.05, 0) is 30.0 Å². The quantitative estimate of drug-likeness (QED) is 0.798. The molecule has 22 heavy (non-hydrogen) atoms. The Labute approximate surface area is 132 Å². The number of amides is 1. The number of rotatable bonds is 5. The smallest absolute Gasteiger partial charge is 0.252 e. The van der Waals surface area contributed by atoms with Crippen molar-refractivity contribution < 1.29 is 13.2 Å². The lowest BCUT2D eigenvalue weighted by Crippen LogP contribution is -2.48. The molecule has 0 fully saturated rings. The minimum atomic E-state index is -3.73. The average Bonchev–Trinajstić information content (AvgIpc) is 2.36. The van der Waals surface area contributed by atoms with Crippen LogP contribution in [-0.4, -0.2) is 39.5 Å². The number of hydrogen-bond donors (Lipinski definition) is 2. The fourth-order valence-corrected chi connectivity index (χ4v) is 3.01. The third kappa shape index (κ3) is 5.08. The molecule has 1 atom stereocenters. The van der Waals surface area contributed by atoms with Gasteiger partial charge in [0, 0.05) is 14.1 Å². The van der Waals surface area contributed by atoms with E-state index in [0.29, 0.717) is 0 Å². The second-order valence-corrected chi connectivity index (χ2v) is 8.20. The van der Waals surface area contributed by atoms with Crippen LogP contribution in [0.2, 0.25) is 0 Å². The van der Waals surface area contributed by atoms with Crippen molar-refractivity contribution in [1.29, 1.82) is 0 Å². The largest absolute Gasteiger partial charge is 0.288 e. The van der Waals surface area contributed by atoms with E-state index in [4.69, 9.17) is 0 Å². The molecular weight excluding hydrogens is 302 g/mol. The maximum atomic E-state index is 12.3. The van der Waals surface area contributed by atoms with Crippen LogP contribution in [0.25, 0.3) is 0 Å². The molecule has 1 aromatic carbocycles. The first kappa shape index (κ1) is 18.6. The second kappa shape index (κ2) is 6.76. The molecule has 124 valence electrons. The highest BCUT2D eigenvalue weighted by molar-refractivity contribution is 7.89. The molecule has 7 heteroatoms. The predicted octanol–water partition coefficient (Wildman–Crippen LogP) is 1.24. The first-order chi connectivity index (χ1) is 9.93. The van der Waals surface area contributed by atoms with Crippen molar-refractivity contribution in [3.05, 3.63) is 29.8 Å². The van der Waals surface area contributed by atoms with Crippen molar-refractivity contribution >= 4 is 15.9 Å². The van der Waals surface area contributed by atoms with Crippen LogP contribution in [0.3, 0.4) is 0 Å². The van der Waals surface area contributed by atoms with Gasteiger partial charge in [0.15, 0.2) is 0 Å². The van der Waals surface area contributed by atoms with Crippen molar-refractivity contribution in [3.8, 4) is 0 Å². The molecule has 2 N–H and O–H groups in total. The lowest BCUT2D eigenvalue weighted by atomic mass is 9.87. The summed E-state index contributed by atoms with van der Waals surface area (Å²) in [6.07, 6.45) is 0.